The summed E-state index contributed by atoms with van der Waals surface area (Å²) in [5.74, 6) is -0.300. The van der Waals surface area contributed by atoms with Gasteiger partial charge in [0.1, 0.15) is 11.4 Å². The molecule has 1 unspecified atom stereocenters. The van der Waals surface area contributed by atoms with Gasteiger partial charge in [0.25, 0.3) is 0 Å². The van der Waals surface area contributed by atoms with Crippen molar-refractivity contribution in [1.82, 2.24) is 4.90 Å². The molecule has 164 valence electrons. The second-order valence-electron chi connectivity index (χ2n) is 7.78. The topological polar surface area (TPSA) is 82.1 Å². The molecule has 0 bridgehead atoms. The van der Waals surface area contributed by atoms with Crippen LogP contribution in [0.3, 0.4) is 0 Å². The van der Waals surface area contributed by atoms with E-state index in [-0.39, 0.29) is 29.1 Å². The van der Waals surface area contributed by atoms with E-state index in [1.165, 1.54) is 12.0 Å². The summed E-state index contributed by atoms with van der Waals surface area (Å²) in [6, 6.07) is 2.60. The minimum Gasteiger partial charge on any atom is -0.467 e. The highest BCUT2D eigenvalue weighted by Gasteiger charge is 2.42. The zero-order chi connectivity index (χ0) is 22.0. The van der Waals surface area contributed by atoms with Crippen LogP contribution < -0.4 is 4.74 Å². The first-order valence-corrected chi connectivity index (χ1v) is 12.1. The van der Waals surface area contributed by atoms with Crippen LogP contribution in [-0.4, -0.2) is 51.2 Å². The fourth-order valence-electron chi connectivity index (χ4n) is 3.23. The lowest BCUT2D eigenvalue weighted by atomic mass is 9.99. The standard InChI is InChI=1S/C18H24Cl3NO6S/c1-18(2,3)28-17(23)22-8-11(9-29(21,24)25)7-13(22)15-14(27-10-26-4)6-5-12(19)16(15)20/h5-6,11,13H,7-10H2,1-4H3/t11?,13-/m1/s1. The smallest absolute Gasteiger partial charge is 0.410 e. The Hall–Kier alpha value is -0.930. The van der Waals surface area contributed by atoms with Crippen LogP contribution >= 0.6 is 33.9 Å². The maximum atomic E-state index is 12.9. The molecule has 11 heteroatoms. The number of amides is 1. The van der Waals surface area contributed by atoms with Crippen LogP contribution in [-0.2, 0) is 18.5 Å². The van der Waals surface area contributed by atoms with Gasteiger partial charge in [-0.15, -0.1) is 0 Å². The molecule has 1 aromatic carbocycles. The van der Waals surface area contributed by atoms with E-state index in [4.69, 9.17) is 48.1 Å². The summed E-state index contributed by atoms with van der Waals surface area (Å²) in [6.45, 7) is 5.34. The van der Waals surface area contributed by atoms with E-state index in [0.29, 0.717) is 17.7 Å². The molecule has 1 fully saturated rings. The zero-order valence-electron chi connectivity index (χ0n) is 16.6. The van der Waals surface area contributed by atoms with E-state index in [1.54, 1.807) is 32.9 Å². The predicted octanol–water partition coefficient (Wildman–Crippen LogP) is 4.84. The van der Waals surface area contributed by atoms with Crippen LogP contribution in [0.4, 0.5) is 4.79 Å². The fourth-order valence-corrected chi connectivity index (χ4v) is 5.01. The van der Waals surface area contributed by atoms with Crippen LogP contribution in [0, 0.1) is 5.92 Å². The Morgan fingerprint density at radius 3 is 2.48 bits per heavy atom. The van der Waals surface area contributed by atoms with Gasteiger partial charge in [-0.3, -0.25) is 0 Å². The van der Waals surface area contributed by atoms with E-state index in [1.807, 2.05) is 0 Å². The van der Waals surface area contributed by atoms with Crippen molar-refractivity contribution in [3.63, 3.8) is 0 Å². The van der Waals surface area contributed by atoms with Crippen molar-refractivity contribution >= 4 is 49.0 Å². The van der Waals surface area contributed by atoms with Crippen molar-refractivity contribution in [2.75, 3.05) is 26.2 Å². The van der Waals surface area contributed by atoms with Gasteiger partial charge in [0.05, 0.1) is 21.8 Å². The average Bonchev–Trinajstić information content (AvgIpc) is 2.95. The predicted molar refractivity (Wildman–Crippen MR) is 112 cm³/mol. The lowest BCUT2D eigenvalue weighted by molar-refractivity contribution is 0.0211. The number of ether oxygens (including phenoxy) is 3. The molecule has 0 spiro atoms. The summed E-state index contributed by atoms with van der Waals surface area (Å²) in [5, 5.41) is 0.497. The van der Waals surface area contributed by atoms with E-state index in [2.05, 4.69) is 0 Å². The number of halogens is 3. The van der Waals surface area contributed by atoms with Crippen molar-refractivity contribution in [3.8, 4) is 5.75 Å². The van der Waals surface area contributed by atoms with E-state index < -0.39 is 32.7 Å². The highest BCUT2D eigenvalue weighted by atomic mass is 35.7. The van der Waals surface area contributed by atoms with E-state index in [0.717, 1.165) is 0 Å². The highest BCUT2D eigenvalue weighted by Crippen LogP contribution is 2.46. The van der Waals surface area contributed by atoms with E-state index in [9.17, 15) is 13.2 Å². The number of hydrogen-bond donors (Lipinski definition) is 0. The Morgan fingerprint density at radius 2 is 1.93 bits per heavy atom. The molecule has 2 rings (SSSR count). The van der Waals surface area contributed by atoms with Crippen LogP contribution in [0.2, 0.25) is 10.0 Å². The van der Waals surface area contributed by atoms with Gasteiger partial charge in [0.15, 0.2) is 6.79 Å². The SMILES string of the molecule is COCOc1ccc(Cl)c(Cl)c1[C@H]1CC(CS(=O)(=O)Cl)CN1C(=O)OC(C)(C)C. The van der Waals surface area contributed by atoms with Crippen molar-refractivity contribution in [3.05, 3.63) is 27.7 Å². The van der Waals surface area contributed by atoms with Gasteiger partial charge >= 0.3 is 6.09 Å². The second kappa shape index (κ2) is 9.47. The van der Waals surface area contributed by atoms with Crippen molar-refractivity contribution in [2.45, 2.75) is 38.8 Å². The summed E-state index contributed by atoms with van der Waals surface area (Å²) in [7, 11) is 3.16. The maximum Gasteiger partial charge on any atom is 0.410 e. The summed E-state index contributed by atoms with van der Waals surface area (Å²) >= 11 is 12.7. The third-order valence-corrected chi connectivity index (χ3v) is 6.28. The number of rotatable bonds is 6. The molecule has 0 radical (unpaired) electrons. The largest absolute Gasteiger partial charge is 0.467 e. The molecule has 7 nitrogen and oxygen atoms in total. The van der Waals surface area contributed by atoms with Crippen LogP contribution in [0.25, 0.3) is 0 Å². The van der Waals surface area contributed by atoms with Crippen molar-refractivity contribution in [2.24, 2.45) is 5.92 Å². The Kier molecular flexibility index (Phi) is 7.95. The summed E-state index contributed by atoms with van der Waals surface area (Å²) in [4.78, 5) is 14.3. The molecule has 1 aliphatic rings. The molecular formula is C18H24Cl3NO6S. The van der Waals surface area contributed by atoms with E-state index >= 15 is 0 Å². The van der Waals surface area contributed by atoms with Gasteiger partial charge in [0, 0.05) is 29.9 Å². The van der Waals surface area contributed by atoms with Crippen LogP contribution in [0.15, 0.2) is 12.1 Å². The van der Waals surface area contributed by atoms with Gasteiger partial charge in [-0.05, 0) is 45.2 Å². The second-order valence-corrected chi connectivity index (χ2v) is 11.4. The van der Waals surface area contributed by atoms with Crippen molar-refractivity contribution < 1.29 is 27.4 Å². The Morgan fingerprint density at radius 1 is 1.28 bits per heavy atom. The summed E-state index contributed by atoms with van der Waals surface area (Å²) in [6.07, 6.45) is -0.292. The van der Waals surface area contributed by atoms with Gasteiger partial charge in [0.2, 0.25) is 9.05 Å². The number of hydrogen-bond acceptors (Lipinski definition) is 6. The average molecular weight is 489 g/mol. The molecular weight excluding hydrogens is 465 g/mol. The molecule has 1 aromatic rings. The third kappa shape index (κ3) is 6.79. The summed E-state index contributed by atoms with van der Waals surface area (Å²) < 4.78 is 39.3. The molecule has 1 saturated heterocycles. The minimum absolute atomic E-state index is 0.0381. The number of carbonyl (C=O) groups is 1. The zero-order valence-corrected chi connectivity index (χ0v) is 19.7. The summed E-state index contributed by atoms with van der Waals surface area (Å²) in [5.41, 5.74) is -0.261. The lowest BCUT2D eigenvalue weighted by Crippen LogP contribution is -2.37. The first-order valence-electron chi connectivity index (χ1n) is 8.84. The quantitative estimate of drug-likeness (QED) is 0.421. The molecule has 0 N–H and O–H groups in total. The maximum absolute atomic E-state index is 12.9. The van der Waals surface area contributed by atoms with Crippen molar-refractivity contribution in [1.29, 1.82) is 0 Å². The molecule has 0 aliphatic carbocycles. The van der Waals surface area contributed by atoms with Gasteiger partial charge in [-0.2, -0.15) is 0 Å². The lowest BCUT2D eigenvalue weighted by Gasteiger charge is -2.30. The fraction of sp³-hybridized carbons (Fsp3) is 0.611. The normalized spacial score (nSPS) is 20.0. The molecule has 0 aromatic heterocycles. The number of carbonyl (C=O) groups excluding carboxylic acids is 1. The molecule has 1 aliphatic heterocycles. The van der Waals surface area contributed by atoms with Crippen LogP contribution in [0.1, 0.15) is 38.8 Å². The first kappa shape index (κ1) is 24.3. The molecule has 1 heterocycles. The molecule has 1 amide bonds. The van der Waals surface area contributed by atoms with Gasteiger partial charge in [-0.25, -0.2) is 13.2 Å². The number of methoxy groups -OCH3 is 1. The molecule has 29 heavy (non-hydrogen) atoms. The number of nitrogens with zero attached hydrogens (tertiary/aromatic N) is 1. The third-order valence-electron chi connectivity index (χ3n) is 4.21. The Bertz CT molecular complexity index is 856. The highest BCUT2D eigenvalue weighted by molar-refractivity contribution is 8.13. The monoisotopic (exact) mass is 487 g/mol. The Balaban J connectivity index is 2.47. The molecule has 0 saturated carbocycles. The first-order chi connectivity index (χ1) is 13.3. The van der Waals surface area contributed by atoms with Gasteiger partial charge in [-0.1, -0.05) is 23.2 Å². The minimum atomic E-state index is -3.76. The Labute approximate surface area is 185 Å². The number of likely N-dealkylation sites (tertiary alicyclic amines) is 1. The number of benzene rings is 1. The molecule has 2 atom stereocenters. The van der Waals surface area contributed by atoms with Gasteiger partial charge < -0.3 is 19.1 Å². The van der Waals surface area contributed by atoms with Crippen LogP contribution in [0.5, 0.6) is 5.75 Å².